The Morgan fingerprint density at radius 3 is 2.74 bits per heavy atom. The second kappa shape index (κ2) is 7.98. The average Bonchev–Trinajstić information content (AvgIpc) is 2.87. The highest BCUT2D eigenvalue weighted by atomic mass is 32.2. The van der Waals surface area contributed by atoms with Gasteiger partial charge in [-0.3, -0.25) is 0 Å². The Hall–Kier alpha value is -0.450. The van der Waals surface area contributed by atoms with Crippen LogP contribution in [0.1, 0.15) is 37.7 Å². The zero-order valence-electron chi connectivity index (χ0n) is 12.2. The molecule has 0 amide bonds. The minimum absolute atomic E-state index is 0.655. The molecule has 0 unspecified atom stereocenters. The van der Waals surface area contributed by atoms with E-state index < -0.39 is 0 Å². The molecule has 1 fully saturated rings. The summed E-state index contributed by atoms with van der Waals surface area (Å²) in [7, 11) is 0. The van der Waals surface area contributed by atoms with Crippen molar-refractivity contribution in [1.29, 1.82) is 0 Å². The Kier molecular flexibility index (Phi) is 6.28. The Bertz CT molecular complexity index is 359. The summed E-state index contributed by atoms with van der Waals surface area (Å²) < 4.78 is 5.78. The molecule has 0 spiro atoms. The number of rotatable bonds is 7. The van der Waals surface area contributed by atoms with Gasteiger partial charge in [-0.1, -0.05) is 6.92 Å². The lowest BCUT2D eigenvalue weighted by atomic mass is 10.0. The van der Waals surface area contributed by atoms with E-state index in [1.54, 1.807) is 11.8 Å². The highest BCUT2D eigenvalue weighted by molar-refractivity contribution is 7.97. The molecule has 4 heteroatoms. The minimum Gasteiger partial charge on any atom is -0.464 e. The molecular weight excluding hydrogens is 256 g/mol. The van der Waals surface area contributed by atoms with Crippen molar-refractivity contribution in [3.63, 3.8) is 0 Å². The zero-order valence-corrected chi connectivity index (χ0v) is 13.0. The van der Waals surface area contributed by atoms with Gasteiger partial charge in [0.2, 0.25) is 0 Å². The second-order valence-corrected chi connectivity index (χ2v) is 6.16. The largest absolute Gasteiger partial charge is 0.464 e. The number of hydrogen-bond acceptors (Lipinski definition) is 4. The standard InChI is InChI=1S/C15H26N2OS/c1-3-8-17-9-6-13(7-10-17)16-11-14-4-5-15(18-14)12-19-2/h4-5,13,16H,3,6-12H2,1-2H3. The van der Waals surface area contributed by atoms with E-state index >= 15 is 0 Å². The van der Waals surface area contributed by atoms with Crippen molar-refractivity contribution in [2.24, 2.45) is 0 Å². The molecule has 1 aliphatic rings. The molecule has 1 aliphatic heterocycles. The summed E-state index contributed by atoms with van der Waals surface area (Å²) >= 11 is 1.80. The number of thioether (sulfide) groups is 1. The molecule has 19 heavy (non-hydrogen) atoms. The molecule has 3 nitrogen and oxygen atoms in total. The third-order valence-corrected chi connectivity index (χ3v) is 4.27. The van der Waals surface area contributed by atoms with Crippen LogP contribution in [0.15, 0.2) is 16.5 Å². The van der Waals surface area contributed by atoms with Crippen LogP contribution >= 0.6 is 11.8 Å². The molecule has 0 aromatic carbocycles. The number of nitrogens with zero attached hydrogens (tertiary/aromatic N) is 1. The van der Waals surface area contributed by atoms with Crippen molar-refractivity contribution in [3.05, 3.63) is 23.7 Å². The van der Waals surface area contributed by atoms with Gasteiger partial charge in [0, 0.05) is 6.04 Å². The molecule has 0 radical (unpaired) electrons. The van der Waals surface area contributed by atoms with E-state index in [2.05, 4.69) is 35.5 Å². The van der Waals surface area contributed by atoms with Crippen molar-refractivity contribution in [2.45, 2.75) is 44.5 Å². The van der Waals surface area contributed by atoms with Crippen molar-refractivity contribution in [2.75, 3.05) is 25.9 Å². The summed E-state index contributed by atoms with van der Waals surface area (Å²) in [6, 6.07) is 4.85. The van der Waals surface area contributed by atoms with Crippen molar-refractivity contribution in [1.82, 2.24) is 10.2 Å². The Morgan fingerprint density at radius 1 is 1.32 bits per heavy atom. The third kappa shape index (κ3) is 4.86. The number of furan rings is 1. The quantitative estimate of drug-likeness (QED) is 0.832. The first kappa shape index (κ1) is 14.9. The lowest BCUT2D eigenvalue weighted by Gasteiger charge is -2.32. The molecule has 0 atom stereocenters. The van der Waals surface area contributed by atoms with Gasteiger partial charge in [-0.05, 0) is 57.3 Å². The van der Waals surface area contributed by atoms with Gasteiger partial charge in [0.25, 0.3) is 0 Å². The Labute approximate surface area is 121 Å². The first-order valence-corrected chi connectivity index (χ1v) is 8.73. The van der Waals surface area contributed by atoms with Gasteiger partial charge in [0.15, 0.2) is 0 Å². The summed E-state index contributed by atoms with van der Waals surface area (Å²) in [5, 5.41) is 3.63. The fourth-order valence-electron chi connectivity index (χ4n) is 2.66. The highest BCUT2D eigenvalue weighted by Crippen LogP contribution is 2.15. The Balaban J connectivity index is 1.68. The average molecular weight is 282 g/mol. The molecule has 1 aromatic heterocycles. The molecule has 1 aromatic rings. The fraction of sp³-hybridized carbons (Fsp3) is 0.733. The van der Waals surface area contributed by atoms with E-state index in [1.165, 1.54) is 38.9 Å². The van der Waals surface area contributed by atoms with Gasteiger partial charge >= 0.3 is 0 Å². The van der Waals surface area contributed by atoms with Crippen LogP contribution in [0.3, 0.4) is 0 Å². The topological polar surface area (TPSA) is 28.4 Å². The molecule has 0 saturated carbocycles. The summed E-state index contributed by atoms with van der Waals surface area (Å²) in [6.45, 7) is 6.85. The summed E-state index contributed by atoms with van der Waals surface area (Å²) in [5.74, 6) is 3.12. The van der Waals surface area contributed by atoms with Crippen LogP contribution < -0.4 is 5.32 Å². The maximum Gasteiger partial charge on any atom is 0.118 e. The highest BCUT2D eigenvalue weighted by Gasteiger charge is 2.18. The Morgan fingerprint density at radius 2 is 2.05 bits per heavy atom. The normalized spacial score (nSPS) is 18.0. The van der Waals surface area contributed by atoms with E-state index in [1.807, 2.05) is 0 Å². The number of piperidine rings is 1. The van der Waals surface area contributed by atoms with Crippen LogP contribution in [0.25, 0.3) is 0 Å². The number of nitrogens with one attached hydrogen (secondary N) is 1. The predicted octanol–water partition coefficient (Wildman–Crippen LogP) is 3.11. The van der Waals surface area contributed by atoms with E-state index in [9.17, 15) is 0 Å². The third-order valence-electron chi connectivity index (χ3n) is 3.70. The zero-order chi connectivity index (χ0) is 13.5. The van der Waals surface area contributed by atoms with Gasteiger partial charge in [0.1, 0.15) is 11.5 Å². The van der Waals surface area contributed by atoms with Gasteiger partial charge in [-0.2, -0.15) is 11.8 Å². The first-order valence-electron chi connectivity index (χ1n) is 7.34. The van der Waals surface area contributed by atoms with Gasteiger partial charge in [-0.25, -0.2) is 0 Å². The summed E-state index contributed by atoms with van der Waals surface area (Å²) in [5.41, 5.74) is 0. The SMILES string of the molecule is CCCN1CCC(NCc2ccc(CSC)o2)CC1. The van der Waals surface area contributed by atoms with Gasteiger partial charge in [-0.15, -0.1) is 0 Å². The molecule has 2 rings (SSSR count). The van der Waals surface area contributed by atoms with E-state index in [4.69, 9.17) is 4.42 Å². The van der Waals surface area contributed by atoms with Crippen LogP contribution in [0, 0.1) is 0 Å². The van der Waals surface area contributed by atoms with Crippen molar-refractivity contribution >= 4 is 11.8 Å². The monoisotopic (exact) mass is 282 g/mol. The van der Waals surface area contributed by atoms with Crippen molar-refractivity contribution in [3.8, 4) is 0 Å². The maximum atomic E-state index is 5.78. The van der Waals surface area contributed by atoms with Gasteiger partial charge < -0.3 is 14.6 Å². The van der Waals surface area contributed by atoms with Crippen LogP contribution in [-0.4, -0.2) is 36.8 Å². The van der Waals surface area contributed by atoms with Crippen LogP contribution in [-0.2, 0) is 12.3 Å². The molecule has 2 heterocycles. The molecule has 0 aliphatic carbocycles. The minimum atomic E-state index is 0.655. The van der Waals surface area contributed by atoms with Gasteiger partial charge in [0.05, 0.1) is 12.3 Å². The smallest absolute Gasteiger partial charge is 0.118 e. The molecule has 1 saturated heterocycles. The summed E-state index contributed by atoms with van der Waals surface area (Å²) in [6.07, 6.45) is 5.89. The maximum absolute atomic E-state index is 5.78. The number of likely N-dealkylation sites (tertiary alicyclic amines) is 1. The molecule has 108 valence electrons. The van der Waals surface area contributed by atoms with Crippen LogP contribution in [0.5, 0.6) is 0 Å². The molecular formula is C15H26N2OS. The fourth-order valence-corrected chi connectivity index (χ4v) is 3.10. The van der Waals surface area contributed by atoms with E-state index in [0.717, 1.165) is 23.8 Å². The second-order valence-electron chi connectivity index (χ2n) is 5.30. The van der Waals surface area contributed by atoms with E-state index in [0.29, 0.717) is 6.04 Å². The lowest BCUT2D eigenvalue weighted by Crippen LogP contribution is -2.42. The lowest BCUT2D eigenvalue weighted by molar-refractivity contribution is 0.196. The van der Waals surface area contributed by atoms with Crippen molar-refractivity contribution < 1.29 is 4.42 Å². The van der Waals surface area contributed by atoms with E-state index in [-0.39, 0.29) is 0 Å². The van der Waals surface area contributed by atoms with Crippen LogP contribution in [0.2, 0.25) is 0 Å². The first-order chi connectivity index (χ1) is 9.31. The molecule has 0 bridgehead atoms. The number of hydrogen-bond donors (Lipinski definition) is 1. The van der Waals surface area contributed by atoms with Crippen LogP contribution in [0.4, 0.5) is 0 Å². The molecule has 1 N–H and O–H groups in total. The summed E-state index contributed by atoms with van der Waals surface area (Å²) in [4.78, 5) is 2.57. The predicted molar refractivity (Wildman–Crippen MR) is 82.5 cm³/mol.